The normalized spacial score (nSPS) is 13.4. The van der Waals surface area contributed by atoms with Crippen molar-refractivity contribution >= 4 is 5.97 Å². The smallest absolute Gasteiger partial charge is 0.311 e. The Morgan fingerprint density at radius 2 is 1.95 bits per heavy atom. The van der Waals surface area contributed by atoms with E-state index in [1.807, 2.05) is 51.1 Å². The summed E-state index contributed by atoms with van der Waals surface area (Å²) in [6, 6.07) is 10.0. The van der Waals surface area contributed by atoms with Gasteiger partial charge in [0.2, 0.25) is 0 Å². The topological polar surface area (TPSA) is 46.5 Å². The molecule has 0 spiro atoms. The van der Waals surface area contributed by atoms with Crippen LogP contribution in [0, 0.1) is 5.41 Å². The maximum Gasteiger partial charge on any atom is 0.311 e. The molecular weight excluding hydrogens is 252 g/mol. The zero-order valence-corrected chi connectivity index (χ0v) is 12.5. The highest BCUT2D eigenvalue weighted by Gasteiger charge is 2.22. The summed E-state index contributed by atoms with van der Waals surface area (Å²) in [7, 11) is 0. The molecule has 1 aromatic rings. The molecule has 0 fully saturated rings. The highest BCUT2D eigenvalue weighted by Crippen LogP contribution is 2.14. The highest BCUT2D eigenvalue weighted by molar-refractivity contribution is 5.75. The molecule has 0 aliphatic heterocycles. The number of carbonyl (C=O) groups is 1. The molecule has 0 saturated carbocycles. The van der Waals surface area contributed by atoms with Gasteiger partial charge in [0.25, 0.3) is 0 Å². The number of hydrogen-bond donors (Lipinski definition) is 1. The standard InChI is InChI=1S/C17H24O3/c1-17(2,3)16(19)20-13-7-10-15(18)12-11-14-8-5-4-6-9-14/h4-10,15,18H,11-13H2,1-3H3/b10-7+. The quantitative estimate of drug-likeness (QED) is 0.641. The lowest BCUT2D eigenvalue weighted by Gasteiger charge is -2.15. The van der Waals surface area contributed by atoms with Gasteiger partial charge in [-0.1, -0.05) is 36.4 Å². The predicted molar refractivity (Wildman–Crippen MR) is 80.3 cm³/mol. The maximum absolute atomic E-state index is 11.5. The second-order valence-corrected chi connectivity index (χ2v) is 5.87. The van der Waals surface area contributed by atoms with Crippen molar-refractivity contribution < 1.29 is 14.6 Å². The van der Waals surface area contributed by atoms with Gasteiger partial charge in [-0.2, -0.15) is 0 Å². The molecule has 0 aliphatic rings. The molecule has 0 aliphatic carbocycles. The lowest BCUT2D eigenvalue weighted by molar-refractivity contribution is -0.151. The summed E-state index contributed by atoms with van der Waals surface area (Å²) in [5, 5.41) is 9.81. The summed E-state index contributed by atoms with van der Waals surface area (Å²) in [5.41, 5.74) is 0.721. The van der Waals surface area contributed by atoms with Crippen LogP contribution in [-0.2, 0) is 16.0 Å². The first-order valence-electron chi connectivity index (χ1n) is 6.95. The van der Waals surface area contributed by atoms with E-state index in [-0.39, 0.29) is 12.6 Å². The van der Waals surface area contributed by atoms with Crippen LogP contribution in [0.25, 0.3) is 0 Å². The fourth-order valence-electron chi connectivity index (χ4n) is 1.61. The fourth-order valence-corrected chi connectivity index (χ4v) is 1.61. The van der Waals surface area contributed by atoms with Gasteiger partial charge in [0.15, 0.2) is 0 Å². The van der Waals surface area contributed by atoms with Crippen LogP contribution in [0.4, 0.5) is 0 Å². The van der Waals surface area contributed by atoms with E-state index in [0.29, 0.717) is 6.42 Å². The van der Waals surface area contributed by atoms with Crippen LogP contribution in [0.15, 0.2) is 42.5 Å². The van der Waals surface area contributed by atoms with E-state index in [4.69, 9.17) is 4.74 Å². The van der Waals surface area contributed by atoms with Gasteiger partial charge in [-0.3, -0.25) is 4.79 Å². The first-order valence-corrected chi connectivity index (χ1v) is 6.95. The predicted octanol–water partition coefficient (Wildman–Crippen LogP) is 3.13. The lowest BCUT2D eigenvalue weighted by Crippen LogP contribution is -2.23. The highest BCUT2D eigenvalue weighted by atomic mass is 16.5. The number of rotatable bonds is 6. The van der Waals surface area contributed by atoms with Gasteiger partial charge in [0.05, 0.1) is 11.5 Å². The van der Waals surface area contributed by atoms with Crippen molar-refractivity contribution in [1.29, 1.82) is 0 Å². The second-order valence-electron chi connectivity index (χ2n) is 5.87. The minimum atomic E-state index is -0.511. The molecule has 3 nitrogen and oxygen atoms in total. The average molecular weight is 276 g/mol. The van der Waals surface area contributed by atoms with Crippen molar-refractivity contribution in [2.45, 2.75) is 39.7 Å². The molecule has 1 atom stereocenters. The summed E-state index contributed by atoms with van der Waals surface area (Å²) in [4.78, 5) is 11.5. The lowest BCUT2D eigenvalue weighted by atomic mass is 9.97. The molecule has 1 unspecified atom stereocenters. The molecule has 0 heterocycles. The van der Waals surface area contributed by atoms with Gasteiger partial charge >= 0.3 is 5.97 Å². The summed E-state index contributed by atoms with van der Waals surface area (Å²) >= 11 is 0. The first-order chi connectivity index (χ1) is 9.39. The van der Waals surface area contributed by atoms with Gasteiger partial charge in [0, 0.05) is 0 Å². The minimum absolute atomic E-state index is 0.207. The number of carbonyl (C=O) groups excluding carboxylic acids is 1. The monoisotopic (exact) mass is 276 g/mol. The number of ether oxygens (including phenoxy) is 1. The van der Waals surface area contributed by atoms with Crippen molar-refractivity contribution in [3.05, 3.63) is 48.0 Å². The average Bonchev–Trinajstić information content (AvgIpc) is 2.41. The van der Waals surface area contributed by atoms with Crippen molar-refractivity contribution in [3.63, 3.8) is 0 Å². The SMILES string of the molecule is CC(C)(C)C(=O)OC/C=C/C(O)CCc1ccccc1. The molecule has 3 heteroatoms. The summed E-state index contributed by atoms with van der Waals surface area (Å²) < 4.78 is 5.08. The summed E-state index contributed by atoms with van der Waals surface area (Å²) in [6.45, 7) is 5.65. The van der Waals surface area contributed by atoms with E-state index in [1.54, 1.807) is 12.2 Å². The molecule has 0 saturated heterocycles. The van der Waals surface area contributed by atoms with Crippen LogP contribution >= 0.6 is 0 Å². The van der Waals surface area contributed by atoms with E-state index >= 15 is 0 Å². The minimum Gasteiger partial charge on any atom is -0.461 e. The summed E-state index contributed by atoms with van der Waals surface area (Å²) in [6.07, 6.45) is 4.35. The van der Waals surface area contributed by atoms with Crippen LogP contribution in [0.5, 0.6) is 0 Å². The van der Waals surface area contributed by atoms with E-state index in [1.165, 1.54) is 5.56 Å². The Bertz CT molecular complexity index is 429. The van der Waals surface area contributed by atoms with Crippen molar-refractivity contribution in [2.24, 2.45) is 5.41 Å². The first kappa shape index (κ1) is 16.4. The van der Waals surface area contributed by atoms with E-state index in [9.17, 15) is 9.90 Å². The number of aliphatic hydroxyl groups is 1. The van der Waals surface area contributed by atoms with Crippen LogP contribution in [-0.4, -0.2) is 23.8 Å². The Balaban J connectivity index is 2.24. The van der Waals surface area contributed by atoms with Crippen LogP contribution < -0.4 is 0 Å². The zero-order chi connectivity index (χ0) is 15.0. The molecule has 0 amide bonds. The summed E-state index contributed by atoms with van der Waals surface area (Å²) in [5.74, 6) is -0.235. The third-order valence-electron chi connectivity index (χ3n) is 2.85. The van der Waals surface area contributed by atoms with Gasteiger partial charge in [-0.25, -0.2) is 0 Å². The number of aryl methyl sites for hydroxylation is 1. The van der Waals surface area contributed by atoms with Gasteiger partial charge in [0.1, 0.15) is 6.61 Å². The van der Waals surface area contributed by atoms with Gasteiger partial charge in [-0.05, 0) is 45.3 Å². The molecule has 0 radical (unpaired) electrons. The Hall–Kier alpha value is -1.61. The second kappa shape index (κ2) is 7.85. The van der Waals surface area contributed by atoms with Crippen molar-refractivity contribution in [1.82, 2.24) is 0 Å². The molecular formula is C17H24O3. The van der Waals surface area contributed by atoms with E-state index in [0.717, 1.165) is 6.42 Å². The third-order valence-corrected chi connectivity index (χ3v) is 2.85. The molecule has 1 N–H and O–H groups in total. The number of aliphatic hydroxyl groups excluding tert-OH is 1. The fraction of sp³-hybridized carbons (Fsp3) is 0.471. The van der Waals surface area contributed by atoms with Crippen molar-refractivity contribution in [2.75, 3.05) is 6.61 Å². The third kappa shape index (κ3) is 6.53. The van der Waals surface area contributed by atoms with Crippen LogP contribution in [0.1, 0.15) is 32.8 Å². The zero-order valence-electron chi connectivity index (χ0n) is 12.5. The molecule has 1 aromatic carbocycles. The van der Waals surface area contributed by atoms with Crippen molar-refractivity contribution in [3.8, 4) is 0 Å². The molecule has 20 heavy (non-hydrogen) atoms. The molecule has 1 rings (SSSR count). The molecule has 0 bridgehead atoms. The largest absolute Gasteiger partial charge is 0.461 e. The number of benzene rings is 1. The Morgan fingerprint density at radius 3 is 2.55 bits per heavy atom. The Kier molecular flexibility index (Phi) is 6.46. The van der Waals surface area contributed by atoms with E-state index < -0.39 is 11.5 Å². The Labute approximate surface area is 121 Å². The molecule has 110 valence electrons. The van der Waals surface area contributed by atoms with Crippen LogP contribution in [0.2, 0.25) is 0 Å². The molecule has 0 aromatic heterocycles. The Morgan fingerprint density at radius 1 is 1.30 bits per heavy atom. The number of hydrogen-bond acceptors (Lipinski definition) is 3. The van der Waals surface area contributed by atoms with E-state index in [2.05, 4.69) is 0 Å². The number of esters is 1. The van der Waals surface area contributed by atoms with Gasteiger partial charge < -0.3 is 9.84 Å². The van der Waals surface area contributed by atoms with Crippen LogP contribution in [0.3, 0.4) is 0 Å². The maximum atomic E-state index is 11.5. The van der Waals surface area contributed by atoms with Gasteiger partial charge in [-0.15, -0.1) is 0 Å².